The molecule has 1 aromatic rings. The highest BCUT2D eigenvalue weighted by molar-refractivity contribution is 7.86. The Morgan fingerprint density at radius 1 is 1.26 bits per heavy atom. The first-order chi connectivity index (χ1) is 10.3. The van der Waals surface area contributed by atoms with Crippen molar-refractivity contribution in [2.24, 2.45) is 0 Å². The van der Waals surface area contributed by atoms with E-state index in [1.54, 1.807) is 0 Å². The lowest BCUT2D eigenvalue weighted by molar-refractivity contribution is -0.475. The van der Waals surface area contributed by atoms with Crippen LogP contribution in [0.5, 0.6) is 0 Å². The van der Waals surface area contributed by atoms with E-state index in [2.05, 4.69) is 31.2 Å². The van der Waals surface area contributed by atoms with Gasteiger partial charge in [0.25, 0.3) is 0 Å². The van der Waals surface area contributed by atoms with Gasteiger partial charge < -0.3 is 9.29 Å². The lowest BCUT2D eigenvalue weighted by Crippen LogP contribution is -2.21. The molecule has 0 bridgehead atoms. The minimum Gasteiger partial charge on any atom is -0.741 e. The van der Waals surface area contributed by atoms with Crippen LogP contribution >= 0.6 is 0 Å². The monoisotopic (exact) mass is 355 g/mol. The molecule has 1 atom stereocenters. The van der Waals surface area contributed by atoms with Gasteiger partial charge in [0, 0.05) is 6.42 Å². The van der Waals surface area contributed by atoms with E-state index in [4.69, 9.17) is 17.7 Å². The number of halogens is 3. The van der Waals surface area contributed by atoms with Crippen molar-refractivity contribution >= 4 is 16.0 Å². The first-order valence-corrected chi connectivity index (χ1v) is 7.99. The zero-order valence-corrected chi connectivity index (χ0v) is 14.1. The summed E-state index contributed by atoms with van der Waals surface area (Å²) in [6.07, 6.45) is 1.17. The van der Waals surface area contributed by atoms with Crippen LogP contribution in [-0.2, 0) is 21.3 Å². The summed E-state index contributed by atoms with van der Waals surface area (Å²) in [6.45, 7) is 4.08. The number of nitrogens with zero attached hydrogens (tertiary/aromatic N) is 1. The fourth-order valence-corrected chi connectivity index (χ4v) is 1.38. The SMILES string of the molecule is CC(OC(C)Cc1ccccc1)=[N+](C)C.O=S(=O)([O-])C(F)(F)F. The molecular formula is C14H20F3NO4S. The smallest absolute Gasteiger partial charge is 0.485 e. The normalized spacial score (nSPS) is 12.7. The van der Waals surface area contributed by atoms with E-state index in [-0.39, 0.29) is 6.10 Å². The third-order valence-corrected chi connectivity index (χ3v) is 3.22. The van der Waals surface area contributed by atoms with Crippen LogP contribution in [0.1, 0.15) is 19.4 Å². The Balaban J connectivity index is 0.000000515. The van der Waals surface area contributed by atoms with E-state index >= 15 is 0 Å². The van der Waals surface area contributed by atoms with Crippen molar-refractivity contribution in [3.63, 3.8) is 0 Å². The summed E-state index contributed by atoms with van der Waals surface area (Å²) in [4.78, 5) is 0. The maximum absolute atomic E-state index is 10.7. The topological polar surface area (TPSA) is 69.4 Å². The standard InChI is InChI=1S/C13H20NO.CHF3O3S/c1-11(15-12(2)14(3)4)10-13-8-6-5-7-9-13;2-1(3,4)8(5,6)7/h5-9,11H,10H2,1-4H3;(H,5,6,7)/q+1;/p-1. The highest BCUT2D eigenvalue weighted by Crippen LogP contribution is 2.20. The second-order valence-corrected chi connectivity index (χ2v) is 6.30. The molecule has 0 aromatic heterocycles. The van der Waals surface area contributed by atoms with Gasteiger partial charge in [-0.3, -0.25) is 0 Å². The molecule has 5 nitrogen and oxygen atoms in total. The molecule has 0 fully saturated rings. The van der Waals surface area contributed by atoms with Crippen molar-refractivity contribution in [1.82, 2.24) is 0 Å². The molecule has 0 aliphatic rings. The molecule has 23 heavy (non-hydrogen) atoms. The Morgan fingerprint density at radius 3 is 2.04 bits per heavy atom. The number of benzene rings is 1. The van der Waals surface area contributed by atoms with Gasteiger partial charge in [-0.1, -0.05) is 30.3 Å². The summed E-state index contributed by atoms with van der Waals surface area (Å²) < 4.78 is 66.6. The van der Waals surface area contributed by atoms with Crippen molar-refractivity contribution < 1.29 is 35.5 Å². The third kappa shape index (κ3) is 9.19. The number of rotatable bonds is 3. The Kier molecular flexibility index (Phi) is 8.25. The Hall–Kier alpha value is -1.61. The second-order valence-electron chi connectivity index (χ2n) is 4.93. The predicted octanol–water partition coefficient (Wildman–Crippen LogP) is 2.38. The molecule has 132 valence electrons. The summed E-state index contributed by atoms with van der Waals surface area (Å²) >= 11 is 0. The Morgan fingerprint density at radius 2 is 1.70 bits per heavy atom. The van der Waals surface area contributed by atoms with Gasteiger partial charge in [0.1, 0.15) is 20.2 Å². The van der Waals surface area contributed by atoms with E-state index in [0.717, 1.165) is 12.3 Å². The van der Waals surface area contributed by atoms with Gasteiger partial charge in [-0.2, -0.15) is 13.2 Å². The number of hydrogen-bond acceptors (Lipinski definition) is 4. The summed E-state index contributed by atoms with van der Waals surface area (Å²) in [5.74, 6) is 0.957. The predicted molar refractivity (Wildman–Crippen MR) is 79.2 cm³/mol. The zero-order valence-electron chi connectivity index (χ0n) is 13.3. The van der Waals surface area contributed by atoms with E-state index < -0.39 is 15.6 Å². The van der Waals surface area contributed by atoms with Crippen LogP contribution in [0.25, 0.3) is 0 Å². The summed E-state index contributed by atoms with van der Waals surface area (Å²) in [7, 11) is -2.11. The van der Waals surface area contributed by atoms with Gasteiger partial charge in [-0.15, -0.1) is 0 Å². The minimum atomic E-state index is -6.09. The lowest BCUT2D eigenvalue weighted by Gasteiger charge is -2.12. The van der Waals surface area contributed by atoms with E-state index in [0.29, 0.717) is 0 Å². The van der Waals surface area contributed by atoms with Crippen molar-refractivity contribution in [3.05, 3.63) is 35.9 Å². The van der Waals surface area contributed by atoms with Crippen LogP contribution in [-0.4, -0.2) is 49.2 Å². The average Bonchev–Trinajstić information content (AvgIpc) is 2.37. The molecule has 9 heteroatoms. The van der Waals surface area contributed by atoms with Gasteiger partial charge in [-0.05, 0) is 12.5 Å². The van der Waals surface area contributed by atoms with Gasteiger partial charge in [0.05, 0.1) is 6.92 Å². The molecule has 0 aliphatic carbocycles. The first-order valence-electron chi connectivity index (χ1n) is 6.58. The molecule has 1 rings (SSSR count). The maximum atomic E-state index is 10.7. The van der Waals surface area contributed by atoms with E-state index in [9.17, 15) is 13.2 Å². The zero-order chi connectivity index (χ0) is 18.3. The lowest BCUT2D eigenvalue weighted by atomic mass is 10.1. The fourth-order valence-electron chi connectivity index (χ4n) is 1.38. The van der Waals surface area contributed by atoms with Crippen LogP contribution in [0.3, 0.4) is 0 Å². The molecule has 0 spiro atoms. The highest BCUT2D eigenvalue weighted by atomic mass is 32.2. The van der Waals surface area contributed by atoms with Gasteiger partial charge in [-0.25, -0.2) is 13.0 Å². The third-order valence-electron chi connectivity index (χ3n) is 2.65. The molecule has 0 radical (unpaired) electrons. The Bertz CT molecular complexity index is 609. The summed E-state index contributed by atoms with van der Waals surface area (Å²) in [5, 5.41) is 0. The maximum Gasteiger partial charge on any atom is 0.485 e. The molecule has 1 aromatic carbocycles. The quantitative estimate of drug-likeness (QED) is 0.274. The number of alkyl halides is 3. The fraction of sp³-hybridized carbons (Fsp3) is 0.500. The molecule has 0 amide bonds. The van der Waals surface area contributed by atoms with E-state index in [1.807, 2.05) is 31.7 Å². The van der Waals surface area contributed by atoms with Crippen LogP contribution < -0.4 is 0 Å². The van der Waals surface area contributed by atoms with Crippen molar-refractivity contribution in [1.29, 1.82) is 0 Å². The number of hydrogen-bond donors (Lipinski definition) is 0. The van der Waals surface area contributed by atoms with E-state index in [1.165, 1.54) is 5.56 Å². The molecular weight excluding hydrogens is 335 g/mol. The van der Waals surface area contributed by atoms with Crippen molar-refractivity contribution in [2.45, 2.75) is 31.9 Å². The summed E-state index contributed by atoms with van der Waals surface area (Å²) in [5.41, 5.74) is -4.33. The van der Waals surface area contributed by atoms with Gasteiger partial charge >= 0.3 is 11.4 Å². The van der Waals surface area contributed by atoms with Crippen molar-refractivity contribution in [2.75, 3.05) is 14.1 Å². The second kappa shape index (κ2) is 8.88. The van der Waals surface area contributed by atoms with Crippen LogP contribution in [0, 0.1) is 0 Å². The van der Waals surface area contributed by atoms with Crippen molar-refractivity contribution in [3.8, 4) is 0 Å². The van der Waals surface area contributed by atoms with Crippen LogP contribution in [0.2, 0.25) is 0 Å². The largest absolute Gasteiger partial charge is 0.741 e. The van der Waals surface area contributed by atoms with Crippen LogP contribution in [0.15, 0.2) is 30.3 Å². The molecule has 1 unspecified atom stereocenters. The molecule has 0 saturated heterocycles. The first kappa shape index (κ1) is 21.4. The highest BCUT2D eigenvalue weighted by Gasteiger charge is 2.36. The van der Waals surface area contributed by atoms with Gasteiger partial charge in [0.2, 0.25) is 0 Å². The van der Waals surface area contributed by atoms with Crippen LogP contribution in [0.4, 0.5) is 13.2 Å². The van der Waals surface area contributed by atoms with Gasteiger partial charge in [0.15, 0.2) is 10.1 Å². The molecule has 0 heterocycles. The molecule has 0 N–H and O–H groups in total. The Labute approximate surface area is 134 Å². The average molecular weight is 355 g/mol. The number of ether oxygens (including phenoxy) is 1. The molecule has 0 aliphatic heterocycles. The summed E-state index contributed by atoms with van der Waals surface area (Å²) in [6, 6.07) is 10.4. The minimum absolute atomic E-state index is 0.217. The molecule has 0 saturated carbocycles.